The van der Waals surface area contributed by atoms with Crippen molar-refractivity contribution in [2.75, 3.05) is 27.8 Å². The molecule has 0 radical (unpaired) electrons. The number of methoxy groups -OCH3 is 2. The van der Waals surface area contributed by atoms with Crippen molar-refractivity contribution >= 4 is 21.8 Å². The number of amides is 1. The first-order chi connectivity index (χ1) is 8.49. The van der Waals surface area contributed by atoms with E-state index in [1.165, 1.54) is 0 Å². The monoisotopic (exact) mass is 316 g/mol. The normalized spacial score (nSPS) is 10.5. The first-order valence-electron chi connectivity index (χ1n) is 5.35. The third-order valence-electron chi connectivity index (χ3n) is 2.43. The molecule has 1 aromatic rings. The Morgan fingerprint density at radius 3 is 2.56 bits per heavy atom. The highest BCUT2D eigenvalue weighted by molar-refractivity contribution is 9.10. The topological polar surface area (TPSA) is 64.8 Å². The molecule has 0 aliphatic carbocycles. The second-order valence-electron chi connectivity index (χ2n) is 3.91. The molecule has 0 unspecified atom stereocenters. The summed E-state index contributed by atoms with van der Waals surface area (Å²) in [6.07, 6.45) is 0. The molecule has 0 heterocycles. The minimum atomic E-state index is -0.353. The molecular weight excluding hydrogens is 300 g/mol. The molecule has 1 amide bonds. The van der Waals surface area contributed by atoms with E-state index < -0.39 is 0 Å². The van der Waals surface area contributed by atoms with Gasteiger partial charge < -0.3 is 15.2 Å². The molecule has 0 fully saturated rings. The van der Waals surface area contributed by atoms with E-state index in [0.29, 0.717) is 18.0 Å². The van der Waals surface area contributed by atoms with Crippen molar-refractivity contribution in [2.45, 2.75) is 6.54 Å². The van der Waals surface area contributed by atoms with Gasteiger partial charge in [0.25, 0.3) is 0 Å². The highest BCUT2D eigenvalue weighted by Crippen LogP contribution is 2.37. The Labute approximate surface area is 115 Å². The van der Waals surface area contributed by atoms with E-state index in [-0.39, 0.29) is 12.5 Å². The van der Waals surface area contributed by atoms with Crippen LogP contribution in [0.4, 0.5) is 0 Å². The second-order valence-corrected chi connectivity index (χ2v) is 4.71. The standard InChI is InChI=1S/C12H17BrN2O3/c1-15(7-10(14)16)6-8-4-5-9(17-2)12(18-3)11(8)13/h4-5H,6-7H2,1-3H3,(H2,14,16). The summed E-state index contributed by atoms with van der Waals surface area (Å²) in [5.74, 6) is 0.947. The minimum absolute atomic E-state index is 0.209. The van der Waals surface area contributed by atoms with Crippen LogP contribution in [-0.2, 0) is 11.3 Å². The summed E-state index contributed by atoms with van der Waals surface area (Å²) in [6, 6.07) is 3.75. The van der Waals surface area contributed by atoms with Crippen molar-refractivity contribution in [3.63, 3.8) is 0 Å². The van der Waals surface area contributed by atoms with Gasteiger partial charge in [-0.05, 0) is 34.6 Å². The van der Waals surface area contributed by atoms with E-state index in [4.69, 9.17) is 15.2 Å². The number of primary amides is 1. The summed E-state index contributed by atoms with van der Waals surface area (Å²) >= 11 is 3.48. The number of rotatable bonds is 6. The lowest BCUT2D eigenvalue weighted by atomic mass is 10.2. The Kier molecular flexibility index (Phi) is 5.43. The maximum atomic E-state index is 10.8. The molecule has 0 saturated carbocycles. The van der Waals surface area contributed by atoms with E-state index in [2.05, 4.69) is 15.9 Å². The van der Waals surface area contributed by atoms with Gasteiger partial charge in [-0.25, -0.2) is 0 Å². The van der Waals surface area contributed by atoms with Gasteiger partial charge >= 0.3 is 0 Å². The number of likely N-dealkylation sites (N-methyl/N-ethyl adjacent to an activating group) is 1. The van der Waals surface area contributed by atoms with Crippen LogP contribution in [0.15, 0.2) is 16.6 Å². The number of ether oxygens (including phenoxy) is 2. The number of nitrogens with two attached hydrogens (primary N) is 1. The summed E-state index contributed by atoms with van der Waals surface area (Å²) < 4.78 is 11.3. The van der Waals surface area contributed by atoms with Crippen LogP contribution >= 0.6 is 15.9 Å². The van der Waals surface area contributed by atoms with Crippen LogP contribution in [-0.4, -0.2) is 38.6 Å². The van der Waals surface area contributed by atoms with Crippen molar-refractivity contribution in [1.82, 2.24) is 4.90 Å². The van der Waals surface area contributed by atoms with E-state index >= 15 is 0 Å². The zero-order valence-corrected chi connectivity index (χ0v) is 12.3. The molecule has 18 heavy (non-hydrogen) atoms. The lowest BCUT2D eigenvalue weighted by Gasteiger charge is -2.18. The molecule has 0 spiro atoms. The molecule has 6 heteroatoms. The van der Waals surface area contributed by atoms with Gasteiger partial charge in [0, 0.05) is 6.54 Å². The fourth-order valence-electron chi connectivity index (χ4n) is 1.66. The number of carbonyl (C=O) groups excluding carboxylic acids is 1. The molecule has 0 saturated heterocycles. The van der Waals surface area contributed by atoms with Crippen molar-refractivity contribution < 1.29 is 14.3 Å². The van der Waals surface area contributed by atoms with Gasteiger partial charge in [-0.1, -0.05) is 6.07 Å². The van der Waals surface area contributed by atoms with Crippen molar-refractivity contribution in [2.24, 2.45) is 5.73 Å². The molecule has 100 valence electrons. The van der Waals surface area contributed by atoms with Crippen molar-refractivity contribution in [3.05, 3.63) is 22.2 Å². The number of hydrogen-bond acceptors (Lipinski definition) is 4. The van der Waals surface area contributed by atoms with E-state index in [1.807, 2.05) is 24.1 Å². The molecule has 0 aliphatic rings. The largest absolute Gasteiger partial charge is 0.493 e. The molecule has 1 rings (SSSR count). The van der Waals surface area contributed by atoms with Crippen molar-refractivity contribution in [3.8, 4) is 11.5 Å². The quantitative estimate of drug-likeness (QED) is 0.861. The van der Waals surface area contributed by atoms with E-state index in [9.17, 15) is 4.79 Å². The van der Waals surface area contributed by atoms with E-state index in [0.717, 1.165) is 10.0 Å². The Hall–Kier alpha value is -1.27. The fourth-order valence-corrected chi connectivity index (χ4v) is 2.28. The number of hydrogen-bond donors (Lipinski definition) is 1. The number of benzene rings is 1. The summed E-state index contributed by atoms with van der Waals surface area (Å²) in [5, 5.41) is 0. The number of nitrogens with zero attached hydrogens (tertiary/aromatic N) is 1. The summed E-state index contributed by atoms with van der Waals surface area (Å²) in [6.45, 7) is 0.796. The number of carbonyl (C=O) groups is 1. The predicted octanol–water partition coefficient (Wildman–Crippen LogP) is 1.38. The Morgan fingerprint density at radius 1 is 1.39 bits per heavy atom. The molecule has 0 aliphatic heterocycles. The van der Waals surface area contributed by atoms with Crippen LogP contribution in [0.25, 0.3) is 0 Å². The van der Waals surface area contributed by atoms with Crippen LogP contribution < -0.4 is 15.2 Å². The zero-order valence-electron chi connectivity index (χ0n) is 10.7. The number of halogens is 1. The van der Waals surface area contributed by atoms with Crippen LogP contribution in [0.2, 0.25) is 0 Å². The summed E-state index contributed by atoms with van der Waals surface area (Å²) in [4.78, 5) is 12.7. The lowest BCUT2D eigenvalue weighted by molar-refractivity contribution is -0.118. The van der Waals surface area contributed by atoms with Gasteiger partial charge in [-0.15, -0.1) is 0 Å². The van der Waals surface area contributed by atoms with Gasteiger partial charge in [0.2, 0.25) is 5.91 Å². The zero-order chi connectivity index (χ0) is 13.7. The van der Waals surface area contributed by atoms with Gasteiger partial charge in [0.05, 0.1) is 25.2 Å². The highest BCUT2D eigenvalue weighted by atomic mass is 79.9. The molecule has 0 atom stereocenters. The fraction of sp³-hybridized carbons (Fsp3) is 0.417. The molecule has 0 aromatic heterocycles. The van der Waals surface area contributed by atoms with Crippen molar-refractivity contribution in [1.29, 1.82) is 0 Å². The SMILES string of the molecule is COc1ccc(CN(C)CC(N)=O)c(Br)c1OC. The molecule has 5 nitrogen and oxygen atoms in total. The van der Waals surface area contributed by atoms with Crippen LogP contribution in [0.5, 0.6) is 11.5 Å². The Balaban J connectivity index is 2.93. The lowest BCUT2D eigenvalue weighted by Crippen LogP contribution is -2.30. The van der Waals surface area contributed by atoms with Gasteiger partial charge in [0.15, 0.2) is 11.5 Å². The molecule has 0 bridgehead atoms. The average molecular weight is 317 g/mol. The second kappa shape index (κ2) is 6.61. The first kappa shape index (κ1) is 14.8. The molecule has 2 N–H and O–H groups in total. The third-order valence-corrected chi connectivity index (χ3v) is 3.30. The smallest absolute Gasteiger partial charge is 0.231 e. The predicted molar refractivity (Wildman–Crippen MR) is 72.8 cm³/mol. The maximum Gasteiger partial charge on any atom is 0.231 e. The van der Waals surface area contributed by atoms with Gasteiger partial charge in [-0.2, -0.15) is 0 Å². The first-order valence-corrected chi connectivity index (χ1v) is 6.15. The minimum Gasteiger partial charge on any atom is -0.493 e. The molecular formula is C12H17BrN2O3. The molecule has 1 aromatic carbocycles. The Morgan fingerprint density at radius 2 is 2.06 bits per heavy atom. The van der Waals surface area contributed by atoms with Crippen LogP contribution in [0.3, 0.4) is 0 Å². The highest BCUT2D eigenvalue weighted by Gasteiger charge is 2.14. The van der Waals surface area contributed by atoms with E-state index in [1.54, 1.807) is 14.2 Å². The van der Waals surface area contributed by atoms with Crippen LogP contribution in [0.1, 0.15) is 5.56 Å². The van der Waals surface area contributed by atoms with Gasteiger partial charge in [0.1, 0.15) is 0 Å². The van der Waals surface area contributed by atoms with Gasteiger partial charge in [-0.3, -0.25) is 9.69 Å². The van der Waals surface area contributed by atoms with Crippen LogP contribution in [0, 0.1) is 0 Å². The maximum absolute atomic E-state index is 10.8. The summed E-state index contributed by atoms with van der Waals surface area (Å²) in [7, 11) is 5.00. The summed E-state index contributed by atoms with van der Waals surface area (Å²) in [5.41, 5.74) is 6.15. The third kappa shape index (κ3) is 3.61. The average Bonchev–Trinajstić information content (AvgIpc) is 2.30. The Bertz CT molecular complexity index is 438.